The fourth-order valence-corrected chi connectivity index (χ4v) is 3.14. The molecule has 1 saturated heterocycles. The molecule has 1 aromatic carbocycles. The maximum Gasteiger partial charge on any atom is 0.317 e. The molecule has 136 valence electrons. The lowest BCUT2D eigenvalue weighted by molar-refractivity contribution is -0.147. The molecule has 0 aromatic heterocycles. The second-order valence-corrected chi connectivity index (χ2v) is 7.65. The molecule has 25 heavy (non-hydrogen) atoms. The molecule has 0 radical (unpaired) electrons. The summed E-state index contributed by atoms with van der Waals surface area (Å²) in [7, 11) is 0. The molecule has 0 saturated carbocycles. The largest absolute Gasteiger partial charge is 0.481 e. The molecule has 3 rings (SSSR count). The van der Waals surface area contributed by atoms with Gasteiger partial charge in [-0.05, 0) is 31.0 Å². The number of urea groups is 1. The van der Waals surface area contributed by atoms with Gasteiger partial charge in [0.1, 0.15) is 0 Å². The van der Waals surface area contributed by atoms with Gasteiger partial charge in [0.2, 0.25) is 6.79 Å². The molecule has 2 N–H and O–H groups in total. The molecular formula is C18H24N2O5. The van der Waals surface area contributed by atoms with E-state index in [1.807, 2.05) is 32.0 Å². The number of carboxylic acid groups (broad SMARTS) is 1. The lowest BCUT2D eigenvalue weighted by Crippen LogP contribution is -2.45. The number of carboxylic acids is 1. The van der Waals surface area contributed by atoms with E-state index in [2.05, 4.69) is 5.32 Å². The van der Waals surface area contributed by atoms with Crippen LogP contribution in [-0.2, 0) is 10.2 Å². The third-order valence-corrected chi connectivity index (χ3v) is 5.11. The molecule has 2 aliphatic rings. The van der Waals surface area contributed by atoms with Crippen LogP contribution >= 0.6 is 0 Å². The van der Waals surface area contributed by atoms with Crippen LogP contribution in [0.15, 0.2) is 18.2 Å². The van der Waals surface area contributed by atoms with Crippen molar-refractivity contribution in [1.29, 1.82) is 0 Å². The van der Waals surface area contributed by atoms with Crippen LogP contribution in [0.25, 0.3) is 0 Å². The summed E-state index contributed by atoms with van der Waals surface area (Å²) in [5.41, 5.74) is -0.120. The van der Waals surface area contributed by atoms with E-state index in [1.54, 1.807) is 11.8 Å². The summed E-state index contributed by atoms with van der Waals surface area (Å²) in [4.78, 5) is 25.3. The Morgan fingerprint density at radius 1 is 1.32 bits per heavy atom. The third-order valence-electron chi connectivity index (χ3n) is 5.11. The first kappa shape index (κ1) is 17.4. The summed E-state index contributed by atoms with van der Waals surface area (Å²) in [5, 5.41) is 12.2. The van der Waals surface area contributed by atoms with E-state index < -0.39 is 11.4 Å². The van der Waals surface area contributed by atoms with Gasteiger partial charge in [0.15, 0.2) is 11.5 Å². The van der Waals surface area contributed by atoms with E-state index in [-0.39, 0.29) is 24.8 Å². The molecule has 0 aliphatic carbocycles. The lowest BCUT2D eigenvalue weighted by atomic mass is 9.84. The highest BCUT2D eigenvalue weighted by Crippen LogP contribution is 2.36. The number of hydrogen-bond donors (Lipinski definition) is 2. The van der Waals surface area contributed by atoms with Crippen LogP contribution in [-0.4, -0.2) is 48.4 Å². The van der Waals surface area contributed by atoms with Crippen molar-refractivity contribution in [2.75, 3.05) is 26.4 Å². The van der Waals surface area contributed by atoms with Crippen molar-refractivity contribution in [2.45, 2.75) is 32.6 Å². The minimum atomic E-state index is -0.858. The van der Waals surface area contributed by atoms with E-state index >= 15 is 0 Å². The zero-order chi connectivity index (χ0) is 18.2. The quantitative estimate of drug-likeness (QED) is 0.871. The summed E-state index contributed by atoms with van der Waals surface area (Å²) in [5.74, 6) is 0.589. The fraction of sp³-hybridized carbons (Fsp3) is 0.556. The molecule has 0 bridgehead atoms. The van der Waals surface area contributed by atoms with Crippen LogP contribution in [0.2, 0.25) is 0 Å². The Labute approximate surface area is 146 Å². The smallest absolute Gasteiger partial charge is 0.317 e. The van der Waals surface area contributed by atoms with Crippen molar-refractivity contribution >= 4 is 12.0 Å². The number of benzene rings is 1. The highest BCUT2D eigenvalue weighted by Gasteiger charge is 2.42. The summed E-state index contributed by atoms with van der Waals surface area (Å²) in [6.07, 6.45) is 0.474. The van der Waals surface area contributed by atoms with E-state index in [0.717, 1.165) is 11.3 Å². The average molecular weight is 348 g/mol. The second kappa shape index (κ2) is 6.13. The van der Waals surface area contributed by atoms with E-state index in [1.165, 1.54) is 0 Å². The third kappa shape index (κ3) is 3.36. The predicted octanol–water partition coefficient (Wildman–Crippen LogP) is 2.20. The Balaban J connectivity index is 1.61. The SMILES string of the molecule is CC1(C(=O)O)CCN(C(=O)NCC(C)(C)c2ccc3c(c2)OCO3)C1. The summed E-state index contributed by atoms with van der Waals surface area (Å²) < 4.78 is 10.7. The van der Waals surface area contributed by atoms with Gasteiger partial charge >= 0.3 is 12.0 Å². The first-order chi connectivity index (χ1) is 11.7. The lowest BCUT2D eigenvalue weighted by Gasteiger charge is -2.28. The zero-order valence-electron chi connectivity index (χ0n) is 14.8. The molecule has 1 aromatic rings. The van der Waals surface area contributed by atoms with Crippen molar-refractivity contribution in [3.05, 3.63) is 23.8 Å². The first-order valence-electron chi connectivity index (χ1n) is 8.38. The maximum atomic E-state index is 12.4. The van der Waals surface area contributed by atoms with E-state index in [4.69, 9.17) is 9.47 Å². The Hall–Kier alpha value is -2.44. The van der Waals surface area contributed by atoms with Crippen LogP contribution < -0.4 is 14.8 Å². The van der Waals surface area contributed by atoms with E-state index in [0.29, 0.717) is 25.3 Å². The second-order valence-electron chi connectivity index (χ2n) is 7.65. The van der Waals surface area contributed by atoms with Gasteiger partial charge < -0.3 is 24.8 Å². The number of nitrogens with one attached hydrogen (secondary N) is 1. The topological polar surface area (TPSA) is 88.1 Å². The Morgan fingerprint density at radius 2 is 2.04 bits per heavy atom. The van der Waals surface area contributed by atoms with Crippen LogP contribution in [0.3, 0.4) is 0 Å². The van der Waals surface area contributed by atoms with Crippen molar-refractivity contribution in [1.82, 2.24) is 10.2 Å². The van der Waals surface area contributed by atoms with Gasteiger partial charge in [-0.1, -0.05) is 19.9 Å². The number of amides is 2. The summed E-state index contributed by atoms with van der Waals surface area (Å²) in [6, 6.07) is 5.56. The molecule has 7 nitrogen and oxygen atoms in total. The summed E-state index contributed by atoms with van der Waals surface area (Å²) in [6.45, 7) is 7.11. The van der Waals surface area contributed by atoms with Crippen LogP contribution in [0, 0.1) is 5.41 Å². The van der Waals surface area contributed by atoms with Gasteiger partial charge in [0, 0.05) is 25.0 Å². The molecule has 7 heteroatoms. The minimum Gasteiger partial charge on any atom is -0.481 e. The van der Waals surface area contributed by atoms with Crippen LogP contribution in [0.4, 0.5) is 4.79 Å². The monoisotopic (exact) mass is 348 g/mol. The Morgan fingerprint density at radius 3 is 2.72 bits per heavy atom. The van der Waals surface area contributed by atoms with Gasteiger partial charge in [0.25, 0.3) is 0 Å². The van der Waals surface area contributed by atoms with Crippen LogP contribution in [0.1, 0.15) is 32.8 Å². The molecule has 2 aliphatic heterocycles. The van der Waals surface area contributed by atoms with Crippen LogP contribution in [0.5, 0.6) is 11.5 Å². The van der Waals surface area contributed by atoms with Crippen molar-refractivity contribution in [2.24, 2.45) is 5.41 Å². The van der Waals surface area contributed by atoms with Gasteiger partial charge in [-0.2, -0.15) is 0 Å². The molecular weight excluding hydrogens is 324 g/mol. The van der Waals surface area contributed by atoms with Gasteiger partial charge in [-0.15, -0.1) is 0 Å². The molecule has 1 unspecified atom stereocenters. The van der Waals surface area contributed by atoms with Gasteiger partial charge in [-0.3, -0.25) is 4.79 Å². The molecule has 2 heterocycles. The van der Waals surface area contributed by atoms with Crippen molar-refractivity contribution in [3.63, 3.8) is 0 Å². The molecule has 1 atom stereocenters. The van der Waals surface area contributed by atoms with Crippen molar-refractivity contribution in [3.8, 4) is 11.5 Å². The highest BCUT2D eigenvalue weighted by molar-refractivity contribution is 5.79. The normalized spacial score (nSPS) is 22.1. The number of fused-ring (bicyclic) bond motifs is 1. The number of aliphatic carboxylic acids is 1. The van der Waals surface area contributed by atoms with Gasteiger partial charge in [-0.25, -0.2) is 4.79 Å². The number of nitrogens with zero attached hydrogens (tertiary/aromatic N) is 1. The summed E-state index contributed by atoms with van der Waals surface area (Å²) >= 11 is 0. The number of carbonyl (C=O) groups is 2. The highest BCUT2D eigenvalue weighted by atomic mass is 16.7. The standard InChI is InChI=1S/C18H24N2O5/c1-17(2,12-4-5-13-14(8-12)25-11-24-13)9-19-16(23)20-7-6-18(3,10-20)15(21)22/h4-5,8H,6-7,9-11H2,1-3H3,(H,19,23)(H,21,22). The van der Waals surface area contributed by atoms with E-state index in [9.17, 15) is 14.7 Å². The average Bonchev–Trinajstić information content (AvgIpc) is 3.19. The number of rotatable bonds is 4. The predicted molar refractivity (Wildman–Crippen MR) is 90.9 cm³/mol. The Kier molecular flexibility index (Phi) is 4.26. The Bertz CT molecular complexity index is 703. The maximum absolute atomic E-state index is 12.4. The molecule has 0 spiro atoms. The number of ether oxygens (including phenoxy) is 2. The van der Waals surface area contributed by atoms with Gasteiger partial charge in [0.05, 0.1) is 5.41 Å². The number of hydrogen-bond acceptors (Lipinski definition) is 4. The van der Waals surface area contributed by atoms with Crippen molar-refractivity contribution < 1.29 is 24.2 Å². The minimum absolute atomic E-state index is 0.223. The molecule has 1 fully saturated rings. The zero-order valence-corrected chi connectivity index (χ0v) is 14.8. The first-order valence-corrected chi connectivity index (χ1v) is 8.38. The number of carbonyl (C=O) groups excluding carboxylic acids is 1. The number of likely N-dealkylation sites (tertiary alicyclic amines) is 1. The fourth-order valence-electron chi connectivity index (χ4n) is 3.14. The molecule has 2 amide bonds.